The lowest BCUT2D eigenvalue weighted by atomic mass is 10.1. The third-order valence-electron chi connectivity index (χ3n) is 2.87. The quantitative estimate of drug-likeness (QED) is 0.535. The van der Waals surface area contributed by atoms with Gasteiger partial charge in [-0.1, -0.05) is 11.8 Å². The summed E-state index contributed by atoms with van der Waals surface area (Å²) >= 11 is 0. The van der Waals surface area contributed by atoms with Crippen LogP contribution in [0.2, 0.25) is 0 Å². The molecule has 1 aromatic rings. The topological polar surface area (TPSA) is 86.7 Å². The fourth-order valence-corrected chi connectivity index (χ4v) is 2.08. The molecule has 0 radical (unpaired) electrons. The highest BCUT2D eigenvalue weighted by atomic mass is 16.2. The number of amides is 3. The first-order valence-corrected chi connectivity index (χ1v) is 6.33. The predicted octanol–water partition coefficient (Wildman–Crippen LogP) is -0.563. The number of aliphatic hydroxyl groups excluding tert-OH is 1. The van der Waals surface area contributed by atoms with Crippen molar-refractivity contribution in [3.63, 3.8) is 0 Å². The first kappa shape index (κ1) is 14.8. The Balaban J connectivity index is 2.28. The van der Waals surface area contributed by atoms with Gasteiger partial charge >= 0.3 is 0 Å². The van der Waals surface area contributed by atoms with Gasteiger partial charge in [0.25, 0.3) is 5.91 Å². The van der Waals surface area contributed by atoms with Crippen LogP contribution in [0.4, 0.5) is 0 Å². The Bertz CT molecular complexity index is 654. The second kappa shape index (κ2) is 6.20. The maximum atomic E-state index is 12.4. The van der Waals surface area contributed by atoms with Crippen LogP contribution in [-0.2, 0) is 9.59 Å². The Labute approximate surface area is 121 Å². The van der Waals surface area contributed by atoms with Crippen LogP contribution < -0.4 is 5.32 Å². The van der Waals surface area contributed by atoms with Crippen molar-refractivity contribution in [3.05, 3.63) is 34.9 Å². The van der Waals surface area contributed by atoms with Crippen LogP contribution in [0.5, 0.6) is 0 Å². The highest BCUT2D eigenvalue weighted by Crippen LogP contribution is 2.12. The van der Waals surface area contributed by atoms with Crippen LogP contribution in [0, 0.1) is 18.8 Å². The van der Waals surface area contributed by atoms with E-state index in [2.05, 4.69) is 17.2 Å². The van der Waals surface area contributed by atoms with E-state index < -0.39 is 17.7 Å². The molecule has 6 nitrogen and oxygen atoms in total. The average Bonchev–Trinajstić information content (AvgIpc) is 2.42. The minimum absolute atomic E-state index is 0.143. The molecule has 1 saturated heterocycles. The smallest absolute Gasteiger partial charge is 0.254 e. The number of piperazine rings is 1. The number of carbonyl (C=O) groups excluding carboxylic acids is 3. The number of benzene rings is 1. The number of nitrogens with one attached hydrogen (secondary N) is 1. The van der Waals surface area contributed by atoms with E-state index in [-0.39, 0.29) is 19.7 Å². The number of hydrogen-bond donors (Lipinski definition) is 2. The molecule has 0 bridgehead atoms. The summed E-state index contributed by atoms with van der Waals surface area (Å²) < 4.78 is 0. The number of nitrogens with zero attached hydrogens (tertiary/aromatic N) is 1. The van der Waals surface area contributed by atoms with Gasteiger partial charge in [-0.3, -0.25) is 19.7 Å². The second-order valence-electron chi connectivity index (χ2n) is 4.68. The summed E-state index contributed by atoms with van der Waals surface area (Å²) in [6.45, 7) is 1.26. The summed E-state index contributed by atoms with van der Waals surface area (Å²) in [5.41, 5.74) is 1.79. The van der Waals surface area contributed by atoms with Crippen LogP contribution in [0.15, 0.2) is 18.2 Å². The van der Waals surface area contributed by atoms with E-state index in [1.807, 2.05) is 6.92 Å². The van der Waals surface area contributed by atoms with Crippen LogP contribution in [-0.4, -0.2) is 47.4 Å². The predicted molar refractivity (Wildman–Crippen MR) is 74.2 cm³/mol. The molecular weight excluding hydrogens is 272 g/mol. The van der Waals surface area contributed by atoms with Gasteiger partial charge in [-0.05, 0) is 30.7 Å². The molecule has 1 aliphatic heterocycles. The highest BCUT2D eigenvalue weighted by molar-refractivity contribution is 6.05. The Morgan fingerprint density at radius 2 is 1.95 bits per heavy atom. The van der Waals surface area contributed by atoms with Crippen molar-refractivity contribution >= 4 is 17.7 Å². The Morgan fingerprint density at radius 3 is 2.57 bits per heavy atom. The van der Waals surface area contributed by atoms with Gasteiger partial charge < -0.3 is 10.0 Å². The molecule has 1 aliphatic rings. The van der Waals surface area contributed by atoms with Gasteiger partial charge in [0.1, 0.15) is 19.7 Å². The molecule has 2 N–H and O–H groups in total. The molecule has 0 spiro atoms. The van der Waals surface area contributed by atoms with Gasteiger partial charge in [-0.25, -0.2) is 0 Å². The molecule has 2 rings (SSSR count). The number of rotatable bonds is 1. The molecule has 0 aromatic heterocycles. The van der Waals surface area contributed by atoms with E-state index in [4.69, 9.17) is 5.11 Å². The van der Waals surface area contributed by atoms with E-state index >= 15 is 0 Å². The minimum Gasteiger partial charge on any atom is -0.384 e. The second-order valence-corrected chi connectivity index (χ2v) is 4.68. The number of hydrogen-bond acceptors (Lipinski definition) is 4. The molecule has 3 amide bonds. The number of imide groups is 1. The first-order valence-electron chi connectivity index (χ1n) is 6.33. The Kier molecular flexibility index (Phi) is 4.36. The summed E-state index contributed by atoms with van der Waals surface area (Å²) in [5.74, 6) is 3.87. The number of aryl methyl sites for hydroxylation is 1. The van der Waals surface area contributed by atoms with Gasteiger partial charge in [-0.2, -0.15) is 0 Å². The van der Waals surface area contributed by atoms with Crippen LogP contribution >= 0.6 is 0 Å². The third-order valence-corrected chi connectivity index (χ3v) is 2.87. The molecule has 1 aromatic carbocycles. The van der Waals surface area contributed by atoms with E-state index in [1.54, 1.807) is 18.2 Å². The van der Waals surface area contributed by atoms with Crippen LogP contribution in [0.1, 0.15) is 21.5 Å². The van der Waals surface area contributed by atoms with Gasteiger partial charge in [0, 0.05) is 11.1 Å². The summed E-state index contributed by atoms with van der Waals surface area (Å²) in [6.07, 6.45) is 0. The van der Waals surface area contributed by atoms with Crippen molar-refractivity contribution in [2.24, 2.45) is 0 Å². The van der Waals surface area contributed by atoms with E-state index in [0.717, 1.165) is 5.56 Å². The minimum atomic E-state index is -0.493. The van der Waals surface area contributed by atoms with Gasteiger partial charge in [-0.15, -0.1) is 0 Å². The average molecular weight is 286 g/mol. The zero-order valence-corrected chi connectivity index (χ0v) is 11.5. The zero-order chi connectivity index (χ0) is 15.4. The van der Waals surface area contributed by atoms with Crippen molar-refractivity contribution < 1.29 is 19.5 Å². The van der Waals surface area contributed by atoms with E-state index in [1.165, 1.54) is 4.90 Å². The molecule has 21 heavy (non-hydrogen) atoms. The summed E-state index contributed by atoms with van der Waals surface area (Å²) in [7, 11) is 0. The largest absolute Gasteiger partial charge is 0.384 e. The monoisotopic (exact) mass is 286 g/mol. The van der Waals surface area contributed by atoms with Crippen LogP contribution in [0.3, 0.4) is 0 Å². The van der Waals surface area contributed by atoms with E-state index in [0.29, 0.717) is 11.1 Å². The molecule has 0 unspecified atom stereocenters. The molecule has 1 heterocycles. The van der Waals surface area contributed by atoms with Crippen molar-refractivity contribution in [2.75, 3.05) is 19.7 Å². The lowest BCUT2D eigenvalue weighted by Crippen LogP contribution is -2.53. The standard InChI is InChI=1S/C15H14N2O4/c1-10-5-11(3-2-4-18)7-12(6-10)15(21)17-8-13(19)16-14(20)9-17/h5-7,18H,4,8-9H2,1H3,(H,16,19,20). The molecule has 0 aliphatic carbocycles. The summed E-state index contributed by atoms with van der Waals surface area (Å²) in [6, 6.07) is 5.03. The summed E-state index contributed by atoms with van der Waals surface area (Å²) in [4.78, 5) is 36.2. The van der Waals surface area contributed by atoms with Crippen molar-refractivity contribution in [1.29, 1.82) is 0 Å². The maximum absolute atomic E-state index is 12.4. The molecule has 1 fully saturated rings. The van der Waals surface area contributed by atoms with Crippen molar-refractivity contribution in [3.8, 4) is 11.8 Å². The van der Waals surface area contributed by atoms with Crippen molar-refractivity contribution in [2.45, 2.75) is 6.92 Å². The lowest BCUT2D eigenvalue weighted by molar-refractivity contribution is -0.135. The SMILES string of the molecule is Cc1cc(C#CCO)cc(C(=O)N2CC(=O)NC(=O)C2)c1. The summed E-state index contributed by atoms with van der Waals surface area (Å²) in [5, 5.41) is 10.9. The Morgan fingerprint density at radius 1 is 1.29 bits per heavy atom. The fraction of sp³-hybridized carbons (Fsp3) is 0.267. The number of carbonyl (C=O) groups is 3. The van der Waals surface area contributed by atoms with Gasteiger partial charge in [0.05, 0.1) is 0 Å². The van der Waals surface area contributed by atoms with Crippen LogP contribution in [0.25, 0.3) is 0 Å². The highest BCUT2D eigenvalue weighted by Gasteiger charge is 2.27. The van der Waals surface area contributed by atoms with Crippen molar-refractivity contribution in [1.82, 2.24) is 10.2 Å². The maximum Gasteiger partial charge on any atom is 0.254 e. The third kappa shape index (κ3) is 3.68. The zero-order valence-electron chi connectivity index (χ0n) is 11.5. The molecule has 108 valence electrons. The number of aliphatic hydroxyl groups is 1. The molecular formula is C15H14N2O4. The van der Waals surface area contributed by atoms with Gasteiger partial charge in [0.2, 0.25) is 11.8 Å². The lowest BCUT2D eigenvalue weighted by Gasteiger charge is -2.25. The molecule has 6 heteroatoms. The first-order chi connectivity index (χ1) is 9.99. The Hall–Kier alpha value is -2.65. The van der Waals surface area contributed by atoms with Gasteiger partial charge in [0.15, 0.2) is 0 Å². The molecule has 0 atom stereocenters. The molecule has 0 saturated carbocycles. The normalized spacial score (nSPS) is 14.3. The fourth-order valence-electron chi connectivity index (χ4n) is 2.08. The van der Waals surface area contributed by atoms with E-state index in [9.17, 15) is 14.4 Å².